The van der Waals surface area contributed by atoms with Crippen molar-refractivity contribution in [2.24, 2.45) is 0 Å². The number of rotatable bonds is 3. The molecule has 1 amide bonds. The lowest BCUT2D eigenvalue weighted by molar-refractivity contribution is 0.0486. The number of hydrogen-bond acceptors (Lipinski definition) is 4. The lowest BCUT2D eigenvalue weighted by Crippen LogP contribution is -2.36. The summed E-state index contributed by atoms with van der Waals surface area (Å²) in [7, 11) is 0. The van der Waals surface area contributed by atoms with Crippen molar-refractivity contribution >= 4 is 28.5 Å². The largest absolute Gasteiger partial charge is 0.450 e. The van der Waals surface area contributed by atoms with E-state index in [-0.39, 0.29) is 34.6 Å². The Labute approximate surface area is 170 Å². The fourth-order valence-corrected chi connectivity index (χ4v) is 4.35. The van der Waals surface area contributed by atoms with Crippen LogP contribution in [0.1, 0.15) is 40.6 Å². The molecular weight excluding hydrogens is 397 g/mol. The van der Waals surface area contributed by atoms with Gasteiger partial charge in [0.2, 0.25) is 5.76 Å². The number of nitrogens with zero attached hydrogens (tertiary/aromatic N) is 1. The summed E-state index contributed by atoms with van der Waals surface area (Å²) in [6.45, 7) is 0.988. The Bertz CT molecular complexity index is 1170. The molecule has 5 rings (SSSR count). The number of carbonyl (C=O) groups excluding carboxylic acids is 1. The highest BCUT2D eigenvalue weighted by Crippen LogP contribution is 2.39. The molecular formula is C22H17ClFNO4. The molecule has 2 unspecified atom stereocenters. The van der Waals surface area contributed by atoms with Gasteiger partial charge in [0.15, 0.2) is 5.43 Å². The summed E-state index contributed by atoms with van der Waals surface area (Å²) in [5, 5.41) is 0.721. The zero-order valence-corrected chi connectivity index (χ0v) is 16.1. The van der Waals surface area contributed by atoms with Gasteiger partial charge < -0.3 is 14.1 Å². The van der Waals surface area contributed by atoms with Crippen molar-refractivity contribution < 1.29 is 18.3 Å². The predicted octanol–water partition coefficient (Wildman–Crippen LogP) is 4.31. The number of halogens is 2. The Morgan fingerprint density at radius 3 is 2.66 bits per heavy atom. The maximum absolute atomic E-state index is 13.5. The van der Waals surface area contributed by atoms with Crippen LogP contribution in [0.3, 0.4) is 0 Å². The van der Waals surface area contributed by atoms with Crippen LogP contribution < -0.4 is 5.43 Å². The van der Waals surface area contributed by atoms with E-state index in [1.54, 1.807) is 29.2 Å². The number of fused-ring (bicyclic) bond motifs is 2. The first-order chi connectivity index (χ1) is 14.0. The van der Waals surface area contributed by atoms with Gasteiger partial charge in [-0.05, 0) is 48.7 Å². The van der Waals surface area contributed by atoms with Crippen LogP contribution in [0.2, 0.25) is 5.02 Å². The van der Waals surface area contributed by atoms with Crippen molar-refractivity contribution in [2.75, 3.05) is 13.2 Å². The van der Waals surface area contributed by atoms with Crippen LogP contribution in [0.4, 0.5) is 4.39 Å². The highest BCUT2D eigenvalue weighted by molar-refractivity contribution is 6.31. The zero-order chi connectivity index (χ0) is 20.1. The van der Waals surface area contributed by atoms with Crippen molar-refractivity contribution in [1.82, 2.24) is 4.90 Å². The van der Waals surface area contributed by atoms with Crippen LogP contribution in [0.15, 0.2) is 51.7 Å². The number of benzene rings is 2. The Kier molecular flexibility index (Phi) is 4.41. The Balaban J connectivity index is 1.71. The van der Waals surface area contributed by atoms with Gasteiger partial charge in [0.25, 0.3) is 5.91 Å². The lowest BCUT2D eigenvalue weighted by atomic mass is 9.98. The number of ether oxygens (including phenoxy) is 1. The molecule has 2 aromatic carbocycles. The second kappa shape index (κ2) is 6.97. The third kappa shape index (κ3) is 3.03. The van der Waals surface area contributed by atoms with E-state index in [2.05, 4.69) is 0 Å². The topological polar surface area (TPSA) is 59.8 Å². The zero-order valence-electron chi connectivity index (χ0n) is 15.4. The smallest absolute Gasteiger partial charge is 0.291 e. The summed E-state index contributed by atoms with van der Waals surface area (Å²) in [4.78, 5) is 28.2. The number of amides is 1. The number of hydrogen-bond donors (Lipinski definition) is 0. The van der Waals surface area contributed by atoms with E-state index < -0.39 is 6.04 Å². The fraction of sp³-hybridized carbons (Fsp3) is 0.273. The maximum atomic E-state index is 13.5. The molecule has 29 heavy (non-hydrogen) atoms. The Morgan fingerprint density at radius 1 is 1.14 bits per heavy atom. The van der Waals surface area contributed by atoms with Crippen molar-refractivity contribution in [3.8, 4) is 0 Å². The highest BCUT2D eigenvalue weighted by Gasteiger charge is 2.43. The molecule has 0 saturated carbocycles. The van der Waals surface area contributed by atoms with Gasteiger partial charge in [0.05, 0.1) is 23.1 Å². The molecule has 0 bridgehead atoms. The maximum Gasteiger partial charge on any atom is 0.291 e. The minimum absolute atomic E-state index is 0.0251. The average molecular weight is 414 g/mol. The van der Waals surface area contributed by atoms with Crippen molar-refractivity contribution in [1.29, 1.82) is 0 Å². The van der Waals surface area contributed by atoms with E-state index in [4.69, 9.17) is 20.8 Å². The first kappa shape index (κ1) is 18.3. The average Bonchev–Trinajstić information content (AvgIpc) is 3.32. The van der Waals surface area contributed by atoms with Gasteiger partial charge in [0, 0.05) is 18.2 Å². The molecule has 148 valence electrons. The van der Waals surface area contributed by atoms with Crippen molar-refractivity contribution in [2.45, 2.75) is 25.0 Å². The molecule has 0 N–H and O–H groups in total. The molecule has 1 aromatic heterocycles. The first-order valence-electron chi connectivity index (χ1n) is 9.47. The van der Waals surface area contributed by atoms with Crippen molar-refractivity contribution in [3.63, 3.8) is 0 Å². The van der Waals surface area contributed by atoms with E-state index in [1.807, 2.05) is 0 Å². The van der Waals surface area contributed by atoms with Crippen LogP contribution in [0.25, 0.3) is 11.0 Å². The molecule has 2 aliphatic rings. The molecule has 1 fully saturated rings. The number of carbonyl (C=O) groups is 1. The summed E-state index contributed by atoms with van der Waals surface area (Å²) in [6.07, 6.45) is 1.67. The quantitative estimate of drug-likeness (QED) is 0.642. The van der Waals surface area contributed by atoms with Gasteiger partial charge in [-0.25, -0.2) is 4.39 Å². The normalized spacial score (nSPS) is 21.2. The van der Waals surface area contributed by atoms with Gasteiger partial charge in [0.1, 0.15) is 11.4 Å². The Hall–Kier alpha value is -2.70. The minimum Gasteiger partial charge on any atom is -0.450 e. The summed E-state index contributed by atoms with van der Waals surface area (Å²) < 4.78 is 25.1. The van der Waals surface area contributed by atoms with Crippen LogP contribution >= 0.6 is 11.6 Å². The van der Waals surface area contributed by atoms with Crippen LogP contribution in [-0.4, -0.2) is 30.1 Å². The second-order valence-electron chi connectivity index (χ2n) is 7.36. The summed E-state index contributed by atoms with van der Waals surface area (Å²) in [5.41, 5.74) is 0.907. The third-order valence-electron chi connectivity index (χ3n) is 5.54. The monoisotopic (exact) mass is 413 g/mol. The van der Waals surface area contributed by atoms with Gasteiger partial charge in [-0.3, -0.25) is 9.59 Å². The van der Waals surface area contributed by atoms with Gasteiger partial charge in [-0.15, -0.1) is 0 Å². The van der Waals surface area contributed by atoms with E-state index in [0.29, 0.717) is 34.7 Å². The van der Waals surface area contributed by atoms with Crippen LogP contribution in [0, 0.1) is 5.82 Å². The highest BCUT2D eigenvalue weighted by atomic mass is 35.5. The molecule has 3 heterocycles. The minimum atomic E-state index is -0.665. The van der Waals surface area contributed by atoms with E-state index >= 15 is 0 Å². The molecule has 0 aliphatic carbocycles. The fourth-order valence-electron chi connectivity index (χ4n) is 4.18. The summed E-state index contributed by atoms with van der Waals surface area (Å²) >= 11 is 6.07. The van der Waals surface area contributed by atoms with E-state index in [9.17, 15) is 14.0 Å². The standard InChI is InChI=1S/C22H17ClFNO4/c23-13-5-8-17-16(10-13)20(26)18-19(12-3-6-14(24)7-4-12)25(22(27)21(18)29-17)11-15-2-1-9-28-15/h3-8,10,15,19H,1-2,9,11H2. The van der Waals surface area contributed by atoms with Gasteiger partial charge >= 0.3 is 0 Å². The molecule has 5 nitrogen and oxygen atoms in total. The van der Waals surface area contributed by atoms with Crippen LogP contribution in [0.5, 0.6) is 0 Å². The predicted molar refractivity (Wildman–Crippen MR) is 106 cm³/mol. The summed E-state index contributed by atoms with van der Waals surface area (Å²) in [6, 6.07) is 9.89. The molecule has 3 aromatic rings. The molecule has 2 atom stereocenters. The first-order valence-corrected chi connectivity index (χ1v) is 9.85. The van der Waals surface area contributed by atoms with E-state index in [0.717, 1.165) is 12.8 Å². The molecule has 2 aliphatic heterocycles. The SMILES string of the molecule is O=C1c2oc3ccc(Cl)cc3c(=O)c2C(c2ccc(F)cc2)N1CC1CCCO1. The lowest BCUT2D eigenvalue weighted by Gasteiger charge is -2.27. The van der Waals surface area contributed by atoms with Gasteiger partial charge in [-0.1, -0.05) is 23.7 Å². The third-order valence-corrected chi connectivity index (χ3v) is 5.77. The molecule has 7 heteroatoms. The second-order valence-corrected chi connectivity index (χ2v) is 7.80. The van der Waals surface area contributed by atoms with Crippen LogP contribution in [-0.2, 0) is 4.74 Å². The van der Waals surface area contributed by atoms with Crippen molar-refractivity contribution in [3.05, 3.63) is 80.4 Å². The molecule has 1 saturated heterocycles. The molecule has 0 spiro atoms. The Morgan fingerprint density at radius 2 is 1.93 bits per heavy atom. The molecule has 0 radical (unpaired) electrons. The van der Waals surface area contributed by atoms with Gasteiger partial charge in [-0.2, -0.15) is 0 Å². The van der Waals surface area contributed by atoms with E-state index in [1.165, 1.54) is 18.2 Å². The summed E-state index contributed by atoms with van der Waals surface area (Å²) in [5.74, 6) is -0.725.